The average molecular weight is 377 g/mol. The van der Waals surface area contributed by atoms with E-state index in [4.69, 9.17) is 0 Å². The van der Waals surface area contributed by atoms with Gasteiger partial charge in [-0.15, -0.1) is 0 Å². The third-order valence-electron chi connectivity index (χ3n) is 5.63. The van der Waals surface area contributed by atoms with Crippen LogP contribution in [0.3, 0.4) is 0 Å². The van der Waals surface area contributed by atoms with Crippen LogP contribution in [0.2, 0.25) is 0 Å². The number of fused-ring (bicyclic) bond motifs is 1. The summed E-state index contributed by atoms with van der Waals surface area (Å²) in [6.45, 7) is 7.81. The Kier molecular flexibility index (Phi) is 5.70. The van der Waals surface area contributed by atoms with Gasteiger partial charge in [0.1, 0.15) is 0 Å². The molecule has 3 aromatic rings. The van der Waals surface area contributed by atoms with Crippen LogP contribution in [0, 0.1) is 13.8 Å². The van der Waals surface area contributed by atoms with E-state index in [1.807, 2.05) is 11.8 Å². The Hall–Kier alpha value is -1.97. The van der Waals surface area contributed by atoms with E-state index in [9.17, 15) is 0 Å². The number of nitrogens with zero attached hydrogens (tertiary/aromatic N) is 1. The molecular formula is C24H28N2S. The Morgan fingerprint density at radius 3 is 2.67 bits per heavy atom. The molecule has 1 aliphatic heterocycles. The molecule has 0 fully saturated rings. The summed E-state index contributed by atoms with van der Waals surface area (Å²) in [5.74, 6) is 2.27. The lowest BCUT2D eigenvalue weighted by Gasteiger charge is -2.26. The summed E-state index contributed by atoms with van der Waals surface area (Å²) in [5, 5.41) is 1.39. The van der Waals surface area contributed by atoms with Gasteiger partial charge in [-0.25, -0.2) is 0 Å². The number of aryl methyl sites for hydroxylation is 2. The minimum atomic E-state index is 1.08. The molecule has 0 saturated heterocycles. The van der Waals surface area contributed by atoms with Crippen LogP contribution in [0.4, 0.5) is 0 Å². The number of nitrogens with one attached hydrogen (secondary N) is 1. The maximum atomic E-state index is 3.44. The number of aromatic amines is 1. The molecule has 27 heavy (non-hydrogen) atoms. The predicted octanol–water partition coefficient (Wildman–Crippen LogP) is 5.81. The standard InChI is InChI=1S/C24H28N2S/c1-18-14-23-22(16-25-24(23)15-19(18)2)17-27-13-12-26-10-8-21(9-11-26)20-6-4-3-5-7-20/h3-8,14-16,25H,9-13,17H2,1-2H3. The molecule has 140 valence electrons. The number of H-pyrrole nitrogens is 1. The first-order valence-corrected chi connectivity index (χ1v) is 11.0. The summed E-state index contributed by atoms with van der Waals surface area (Å²) in [6.07, 6.45) is 5.76. The molecule has 0 radical (unpaired) electrons. The zero-order valence-electron chi connectivity index (χ0n) is 16.3. The second-order valence-electron chi connectivity index (χ2n) is 7.49. The van der Waals surface area contributed by atoms with Gasteiger partial charge in [-0.2, -0.15) is 11.8 Å². The Labute approximate surface area is 166 Å². The largest absolute Gasteiger partial charge is 0.361 e. The van der Waals surface area contributed by atoms with Crippen LogP contribution >= 0.6 is 11.8 Å². The van der Waals surface area contributed by atoms with Gasteiger partial charge in [-0.1, -0.05) is 36.4 Å². The third-order valence-corrected chi connectivity index (χ3v) is 6.62. The minimum Gasteiger partial charge on any atom is -0.361 e. The maximum Gasteiger partial charge on any atom is 0.0459 e. The Balaban J connectivity index is 1.27. The molecule has 2 heterocycles. The third kappa shape index (κ3) is 4.31. The molecular weight excluding hydrogens is 348 g/mol. The van der Waals surface area contributed by atoms with Crippen LogP contribution in [0.1, 0.15) is 28.7 Å². The van der Waals surface area contributed by atoms with Crippen molar-refractivity contribution in [3.05, 3.63) is 77.0 Å². The first kappa shape index (κ1) is 18.4. The summed E-state index contributed by atoms with van der Waals surface area (Å²) < 4.78 is 0. The molecule has 2 nitrogen and oxygen atoms in total. The van der Waals surface area contributed by atoms with Gasteiger partial charge in [-0.05, 0) is 60.2 Å². The van der Waals surface area contributed by atoms with E-state index in [2.05, 4.69) is 78.5 Å². The molecule has 4 rings (SSSR count). The number of hydrogen-bond donors (Lipinski definition) is 1. The van der Waals surface area contributed by atoms with Crippen molar-refractivity contribution >= 4 is 28.2 Å². The highest BCUT2D eigenvalue weighted by molar-refractivity contribution is 7.98. The summed E-state index contributed by atoms with van der Waals surface area (Å²) >= 11 is 2.04. The first-order chi connectivity index (χ1) is 13.2. The highest BCUT2D eigenvalue weighted by atomic mass is 32.2. The lowest BCUT2D eigenvalue weighted by Crippen LogP contribution is -2.30. The van der Waals surface area contributed by atoms with Crippen molar-refractivity contribution in [2.24, 2.45) is 0 Å². The van der Waals surface area contributed by atoms with Crippen molar-refractivity contribution in [1.29, 1.82) is 0 Å². The van der Waals surface area contributed by atoms with E-state index >= 15 is 0 Å². The number of hydrogen-bond acceptors (Lipinski definition) is 2. The van der Waals surface area contributed by atoms with Crippen LogP contribution in [0.25, 0.3) is 16.5 Å². The fourth-order valence-corrected chi connectivity index (χ4v) is 4.76. The predicted molar refractivity (Wildman–Crippen MR) is 119 cm³/mol. The van der Waals surface area contributed by atoms with E-state index in [0.29, 0.717) is 0 Å². The van der Waals surface area contributed by atoms with Gasteiger partial charge < -0.3 is 4.98 Å². The average Bonchev–Trinajstić information content (AvgIpc) is 3.08. The van der Waals surface area contributed by atoms with E-state index < -0.39 is 0 Å². The van der Waals surface area contributed by atoms with Gasteiger partial charge in [0.25, 0.3) is 0 Å². The molecule has 0 saturated carbocycles. The second kappa shape index (κ2) is 8.37. The maximum absolute atomic E-state index is 3.44. The quantitative estimate of drug-likeness (QED) is 0.548. The van der Waals surface area contributed by atoms with Crippen molar-refractivity contribution in [3.63, 3.8) is 0 Å². The molecule has 1 aromatic heterocycles. The molecule has 2 aromatic carbocycles. The fraction of sp³-hybridized carbons (Fsp3) is 0.333. The van der Waals surface area contributed by atoms with Gasteiger partial charge >= 0.3 is 0 Å². The number of thioether (sulfide) groups is 1. The molecule has 0 amide bonds. The van der Waals surface area contributed by atoms with Crippen molar-refractivity contribution in [1.82, 2.24) is 9.88 Å². The molecule has 1 N–H and O–H groups in total. The highest BCUT2D eigenvalue weighted by Gasteiger charge is 2.12. The number of rotatable bonds is 6. The first-order valence-electron chi connectivity index (χ1n) is 9.82. The Morgan fingerprint density at radius 1 is 1.07 bits per heavy atom. The van der Waals surface area contributed by atoms with E-state index in [1.165, 1.54) is 57.6 Å². The zero-order chi connectivity index (χ0) is 18.6. The Bertz CT molecular complexity index is 940. The lowest BCUT2D eigenvalue weighted by molar-refractivity contribution is 0.321. The summed E-state index contributed by atoms with van der Waals surface area (Å²) in [6, 6.07) is 15.4. The fourth-order valence-electron chi connectivity index (χ4n) is 3.77. The Morgan fingerprint density at radius 2 is 1.89 bits per heavy atom. The highest BCUT2D eigenvalue weighted by Crippen LogP contribution is 2.26. The molecule has 0 unspecified atom stereocenters. The van der Waals surface area contributed by atoms with Gasteiger partial charge in [0.15, 0.2) is 0 Å². The van der Waals surface area contributed by atoms with E-state index in [-0.39, 0.29) is 0 Å². The summed E-state index contributed by atoms with van der Waals surface area (Å²) in [4.78, 5) is 6.01. The number of benzene rings is 2. The SMILES string of the molecule is Cc1cc2[nH]cc(CSCCN3CC=C(c4ccccc4)CC3)c2cc1C. The van der Waals surface area contributed by atoms with Gasteiger partial charge in [0.05, 0.1) is 0 Å². The smallest absolute Gasteiger partial charge is 0.0459 e. The van der Waals surface area contributed by atoms with Crippen LogP contribution in [0.15, 0.2) is 54.7 Å². The van der Waals surface area contributed by atoms with Crippen molar-refractivity contribution in [2.75, 3.05) is 25.4 Å². The lowest BCUT2D eigenvalue weighted by atomic mass is 10.00. The molecule has 1 aliphatic rings. The molecule has 3 heteroatoms. The summed E-state index contributed by atoms with van der Waals surface area (Å²) in [7, 11) is 0. The van der Waals surface area contributed by atoms with Crippen molar-refractivity contribution in [3.8, 4) is 0 Å². The monoisotopic (exact) mass is 376 g/mol. The summed E-state index contributed by atoms with van der Waals surface area (Å²) in [5.41, 5.74) is 8.32. The van der Waals surface area contributed by atoms with Crippen molar-refractivity contribution in [2.45, 2.75) is 26.0 Å². The van der Waals surface area contributed by atoms with Crippen LogP contribution in [0.5, 0.6) is 0 Å². The normalized spacial score (nSPS) is 15.3. The molecule has 0 bridgehead atoms. The zero-order valence-corrected chi connectivity index (χ0v) is 17.1. The molecule has 0 atom stereocenters. The van der Waals surface area contributed by atoms with E-state index in [1.54, 1.807) is 0 Å². The second-order valence-corrected chi connectivity index (χ2v) is 8.60. The topological polar surface area (TPSA) is 19.0 Å². The van der Waals surface area contributed by atoms with Crippen molar-refractivity contribution < 1.29 is 0 Å². The minimum absolute atomic E-state index is 1.08. The van der Waals surface area contributed by atoms with Crippen LogP contribution in [-0.4, -0.2) is 35.3 Å². The van der Waals surface area contributed by atoms with Gasteiger partial charge in [0.2, 0.25) is 0 Å². The van der Waals surface area contributed by atoms with Crippen LogP contribution in [-0.2, 0) is 5.75 Å². The van der Waals surface area contributed by atoms with E-state index in [0.717, 1.165) is 18.7 Å². The molecule has 0 spiro atoms. The molecule has 0 aliphatic carbocycles. The van der Waals surface area contributed by atoms with Gasteiger partial charge in [0, 0.05) is 48.2 Å². The van der Waals surface area contributed by atoms with Gasteiger partial charge in [-0.3, -0.25) is 4.90 Å². The number of aromatic nitrogens is 1. The van der Waals surface area contributed by atoms with Crippen LogP contribution < -0.4 is 0 Å².